The van der Waals surface area contributed by atoms with Gasteiger partial charge in [0.15, 0.2) is 0 Å². The Morgan fingerprint density at radius 2 is 2.00 bits per heavy atom. The first-order valence-corrected chi connectivity index (χ1v) is 7.79. The van der Waals surface area contributed by atoms with E-state index in [1.807, 2.05) is 16.9 Å². The van der Waals surface area contributed by atoms with Gasteiger partial charge >= 0.3 is 0 Å². The molecule has 0 fully saturated rings. The van der Waals surface area contributed by atoms with Gasteiger partial charge in [0.25, 0.3) is 0 Å². The van der Waals surface area contributed by atoms with Gasteiger partial charge in [0.05, 0.1) is 11.9 Å². The summed E-state index contributed by atoms with van der Waals surface area (Å²) in [6.07, 6.45) is 6.08. The van der Waals surface area contributed by atoms with E-state index in [1.165, 1.54) is 0 Å². The highest BCUT2D eigenvalue weighted by Gasteiger charge is 2.11. The summed E-state index contributed by atoms with van der Waals surface area (Å²) < 4.78 is 1.96. The third-order valence-corrected chi connectivity index (χ3v) is 3.20. The normalized spacial score (nSPS) is 11.1. The van der Waals surface area contributed by atoms with Crippen LogP contribution < -0.4 is 5.32 Å². The molecule has 0 amide bonds. The minimum atomic E-state index is 0.304. The van der Waals surface area contributed by atoms with Crippen molar-refractivity contribution in [2.45, 2.75) is 53.0 Å². The van der Waals surface area contributed by atoms with E-state index in [9.17, 15) is 0 Å². The molecule has 21 heavy (non-hydrogen) atoms. The molecule has 0 saturated carbocycles. The maximum absolute atomic E-state index is 4.68. The van der Waals surface area contributed by atoms with E-state index in [0.29, 0.717) is 5.92 Å². The molecular weight excluding hydrogens is 262 g/mol. The fourth-order valence-corrected chi connectivity index (χ4v) is 2.06. The first kappa shape index (κ1) is 15.5. The summed E-state index contributed by atoms with van der Waals surface area (Å²) in [5.74, 6) is 2.07. The molecule has 2 aromatic heterocycles. The Bertz CT molecular complexity index is 574. The van der Waals surface area contributed by atoms with Crippen LogP contribution in [0.1, 0.15) is 52.3 Å². The van der Waals surface area contributed by atoms with Crippen molar-refractivity contribution in [1.29, 1.82) is 0 Å². The third-order valence-electron chi connectivity index (χ3n) is 3.20. The number of aryl methyl sites for hydroxylation is 1. The van der Waals surface area contributed by atoms with E-state index in [-0.39, 0.29) is 0 Å². The van der Waals surface area contributed by atoms with Gasteiger partial charge in [-0.25, -0.2) is 9.97 Å². The number of rotatable bonds is 7. The highest BCUT2D eigenvalue weighted by molar-refractivity contribution is 5.61. The molecule has 1 N–H and O–H groups in total. The zero-order valence-electron chi connectivity index (χ0n) is 13.4. The van der Waals surface area contributed by atoms with Gasteiger partial charge in [0, 0.05) is 36.8 Å². The van der Waals surface area contributed by atoms with Crippen LogP contribution in [0.2, 0.25) is 0 Å². The molecule has 0 spiro atoms. The largest absolute Gasteiger partial charge is 0.370 e. The van der Waals surface area contributed by atoms with Crippen molar-refractivity contribution >= 4 is 5.82 Å². The number of nitrogens with zero attached hydrogens (tertiary/aromatic N) is 4. The molecule has 0 aliphatic carbocycles. The van der Waals surface area contributed by atoms with Gasteiger partial charge in [-0.2, -0.15) is 5.10 Å². The molecular formula is C16H25N5. The van der Waals surface area contributed by atoms with Crippen LogP contribution in [0.4, 0.5) is 5.82 Å². The zero-order valence-corrected chi connectivity index (χ0v) is 13.4. The molecule has 0 radical (unpaired) electrons. The summed E-state index contributed by atoms with van der Waals surface area (Å²) in [7, 11) is 0. The fraction of sp³-hybridized carbons (Fsp3) is 0.562. The van der Waals surface area contributed by atoms with Crippen molar-refractivity contribution in [3.05, 3.63) is 24.3 Å². The fourth-order valence-electron chi connectivity index (χ4n) is 2.06. The molecule has 2 heterocycles. The van der Waals surface area contributed by atoms with E-state index >= 15 is 0 Å². The smallest absolute Gasteiger partial charge is 0.133 e. The zero-order chi connectivity index (χ0) is 15.2. The van der Waals surface area contributed by atoms with E-state index in [4.69, 9.17) is 0 Å². The third kappa shape index (κ3) is 4.03. The van der Waals surface area contributed by atoms with Gasteiger partial charge < -0.3 is 5.32 Å². The van der Waals surface area contributed by atoms with Crippen molar-refractivity contribution in [3.8, 4) is 11.3 Å². The number of anilines is 1. The van der Waals surface area contributed by atoms with E-state index < -0.39 is 0 Å². The first-order chi connectivity index (χ1) is 10.1. The molecule has 0 atom stereocenters. The van der Waals surface area contributed by atoms with Crippen molar-refractivity contribution in [2.75, 3.05) is 11.9 Å². The molecule has 2 aromatic rings. The topological polar surface area (TPSA) is 55.6 Å². The summed E-state index contributed by atoms with van der Waals surface area (Å²) in [4.78, 5) is 9.27. The van der Waals surface area contributed by atoms with E-state index in [0.717, 1.165) is 48.8 Å². The quantitative estimate of drug-likeness (QED) is 0.843. The molecule has 2 rings (SSSR count). The van der Waals surface area contributed by atoms with Crippen LogP contribution in [0.3, 0.4) is 0 Å². The van der Waals surface area contributed by atoms with Gasteiger partial charge in [-0.05, 0) is 12.8 Å². The summed E-state index contributed by atoms with van der Waals surface area (Å²) in [5, 5.41) is 7.74. The van der Waals surface area contributed by atoms with Gasteiger partial charge in [-0.15, -0.1) is 0 Å². The van der Waals surface area contributed by atoms with Crippen molar-refractivity contribution in [1.82, 2.24) is 19.7 Å². The Kier molecular flexibility index (Phi) is 5.31. The van der Waals surface area contributed by atoms with Crippen molar-refractivity contribution < 1.29 is 0 Å². The molecule has 0 unspecified atom stereocenters. The Labute approximate surface area is 126 Å². The average Bonchev–Trinajstić information content (AvgIpc) is 2.94. The molecule has 0 saturated heterocycles. The number of hydrogen-bond acceptors (Lipinski definition) is 4. The molecule has 0 bridgehead atoms. The van der Waals surface area contributed by atoms with Crippen molar-refractivity contribution in [2.24, 2.45) is 0 Å². The highest BCUT2D eigenvalue weighted by Crippen LogP contribution is 2.22. The molecule has 114 valence electrons. The molecule has 5 nitrogen and oxygen atoms in total. The lowest BCUT2D eigenvalue weighted by Gasteiger charge is -2.10. The van der Waals surface area contributed by atoms with Crippen LogP contribution in [0.5, 0.6) is 0 Å². The maximum atomic E-state index is 4.68. The Morgan fingerprint density at radius 1 is 1.19 bits per heavy atom. The second kappa shape index (κ2) is 7.20. The lowest BCUT2D eigenvalue weighted by molar-refractivity contribution is 0.603. The monoisotopic (exact) mass is 287 g/mol. The Hall–Kier alpha value is -1.91. The van der Waals surface area contributed by atoms with Gasteiger partial charge in [-0.3, -0.25) is 4.68 Å². The van der Waals surface area contributed by atoms with Crippen LogP contribution >= 0.6 is 0 Å². The molecule has 0 aliphatic rings. The average molecular weight is 287 g/mol. The second-order valence-corrected chi connectivity index (χ2v) is 5.57. The Morgan fingerprint density at radius 3 is 2.67 bits per heavy atom. The summed E-state index contributed by atoms with van der Waals surface area (Å²) >= 11 is 0. The minimum absolute atomic E-state index is 0.304. The predicted octanol–water partition coefficient (Wildman–Crippen LogP) is 3.70. The minimum Gasteiger partial charge on any atom is -0.370 e. The number of hydrogen-bond donors (Lipinski definition) is 1. The van der Waals surface area contributed by atoms with Gasteiger partial charge in [-0.1, -0.05) is 27.7 Å². The molecule has 0 aliphatic heterocycles. The van der Waals surface area contributed by atoms with Crippen LogP contribution in [0, 0.1) is 0 Å². The van der Waals surface area contributed by atoms with E-state index in [2.05, 4.69) is 54.3 Å². The lowest BCUT2D eigenvalue weighted by atomic mass is 10.2. The molecule has 0 aromatic carbocycles. The van der Waals surface area contributed by atoms with Crippen LogP contribution in [0.25, 0.3) is 11.3 Å². The first-order valence-electron chi connectivity index (χ1n) is 7.79. The predicted molar refractivity (Wildman–Crippen MR) is 86.4 cm³/mol. The maximum Gasteiger partial charge on any atom is 0.133 e. The standard InChI is InChI=1S/C16H25N5/c1-5-7-17-15-9-14(19-16(20-15)12(3)4)13-10-18-21(11-13)8-6-2/h9-12H,5-8H2,1-4H3,(H,17,19,20). The SMILES string of the molecule is CCCNc1cc(-c2cnn(CCC)c2)nc(C(C)C)n1. The number of nitrogens with one attached hydrogen (secondary N) is 1. The second-order valence-electron chi connectivity index (χ2n) is 5.57. The van der Waals surface area contributed by atoms with Gasteiger partial charge in [0.1, 0.15) is 11.6 Å². The highest BCUT2D eigenvalue weighted by atomic mass is 15.3. The van der Waals surface area contributed by atoms with Crippen LogP contribution in [-0.4, -0.2) is 26.3 Å². The number of aromatic nitrogens is 4. The van der Waals surface area contributed by atoms with Crippen LogP contribution in [-0.2, 0) is 6.54 Å². The van der Waals surface area contributed by atoms with E-state index in [1.54, 1.807) is 0 Å². The Balaban J connectivity index is 2.33. The summed E-state index contributed by atoms with van der Waals surface area (Å²) in [6.45, 7) is 10.4. The molecule has 5 heteroatoms. The summed E-state index contributed by atoms with van der Waals surface area (Å²) in [6, 6.07) is 2.01. The van der Waals surface area contributed by atoms with Crippen molar-refractivity contribution in [3.63, 3.8) is 0 Å². The summed E-state index contributed by atoms with van der Waals surface area (Å²) in [5.41, 5.74) is 1.99. The lowest BCUT2D eigenvalue weighted by Crippen LogP contribution is -2.07. The van der Waals surface area contributed by atoms with Gasteiger partial charge in [0.2, 0.25) is 0 Å². The van der Waals surface area contributed by atoms with Crippen LogP contribution in [0.15, 0.2) is 18.5 Å².